The topological polar surface area (TPSA) is 50.7 Å². The van der Waals surface area contributed by atoms with Gasteiger partial charge in [0.15, 0.2) is 0 Å². The Labute approximate surface area is 94.1 Å². The maximum absolute atomic E-state index is 11.5. The van der Waals surface area contributed by atoms with Crippen LogP contribution in [0.4, 0.5) is 0 Å². The Morgan fingerprint density at radius 1 is 1.67 bits per heavy atom. The third kappa shape index (κ3) is 2.34. The minimum absolute atomic E-state index is 0.0542. The van der Waals surface area contributed by atoms with Gasteiger partial charge in [-0.25, -0.2) is 0 Å². The fraction of sp³-hybridized carbons (Fsp3) is 0.700. The number of thiocarbonyl (C=S) groups is 1. The lowest BCUT2D eigenvalue weighted by molar-refractivity contribution is -0.148. The Morgan fingerprint density at radius 2 is 2.40 bits per heavy atom. The Balaban J connectivity index is 1.96. The second-order valence-electron chi connectivity index (χ2n) is 4.68. The molecule has 0 aromatic heterocycles. The molecule has 0 bridgehead atoms. The summed E-state index contributed by atoms with van der Waals surface area (Å²) in [4.78, 5) is 12.3. The summed E-state index contributed by atoms with van der Waals surface area (Å²) in [5, 5.41) is 4.08. The van der Waals surface area contributed by atoms with Gasteiger partial charge in [0.05, 0.1) is 5.92 Å². The largest absolute Gasteiger partial charge is 0.459 e. The molecule has 0 saturated carbocycles. The molecule has 0 aromatic rings. The molecule has 0 spiro atoms. The van der Waals surface area contributed by atoms with Gasteiger partial charge in [0, 0.05) is 25.0 Å². The molecule has 0 amide bonds. The predicted octanol–water partition coefficient (Wildman–Crippen LogP) is 1.39. The van der Waals surface area contributed by atoms with E-state index in [0.29, 0.717) is 12.8 Å². The van der Waals surface area contributed by atoms with E-state index in [1.54, 1.807) is 0 Å². The zero-order valence-corrected chi connectivity index (χ0v) is 9.69. The van der Waals surface area contributed by atoms with Gasteiger partial charge in [0.1, 0.15) is 10.6 Å². The number of nitrogens with one attached hydrogen (secondary N) is 1. The lowest BCUT2D eigenvalue weighted by Gasteiger charge is -2.14. The minimum Gasteiger partial charge on any atom is -0.459 e. The maximum Gasteiger partial charge on any atom is 0.310 e. The number of hydrogen-bond acceptors (Lipinski definition) is 4. The van der Waals surface area contributed by atoms with Crippen LogP contribution < -0.4 is 5.43 Å². The van der Waals surface area contributed by atoms with Gasteiger partial charge in [-0.1, -0.05) is 12.2 Å². The Morgan fingerprint density at radius 3 is 2.87 bits per heavy atom. The standard InChI is InChI=1S/C10H14N2O2S/c1-10(2)5-6(9(13)14-10)3-7-4-8(15)12-11-7/h6H,3-5H2,1-2H3,(H,12,15). The van der Waals surface area contributed by atoms with Gasteiger partial charge in [-0.05, 0) is 13.8 Å². The van der Waals surface area contributed by atoms with Crippen LogP contribution in [-0.4, -0.2) is 22.3 Å². The van der Waals surface area contributed by atoms with Crippen LogP contribution in [0, 0.1) is 5.92 Å². The smallest absolute Gasteiger partial charge is 0.310 e. The number of nitrogens with zero attached hydrogens (tertiary/aromatic N) is 1. The lowest BCUT2D eigenvalue weighted by Crippen LogP contribution is -2.17. The van der Waals surface area contributed by atoms with Crippen LogP contribution >= 0.6 is 12.2 Å². The first-order chi connectivity index (χ1) is 6.96. The summed E-state index contributed by atoms with van der Waals surface area (Å²) in [6.07, 6.45) is 2.10. The quantitative estimate of drug-likeness (QED) is 0.571. The van der Waals surface area contributed by atoms with Crippen LogP contribution in [0.1, 0.15) is 33.1 Å². The molecule has 0 aliphatic carbocycles. The van der Waals surface area contributed by atoms with Gasteiger partial charge >= 0.3 is 5.97 Å². The molecule has 15 heavy (non-hydrogen) atoms. The first-order valence-corrected chi connectivity index (χ1v) is 5.44. The highest BCUT2D eigenvalue weighted by Crippen LogP contribution is 2.33. The highest BCUT2D eigenvalue weighted by Gasteiger charge is 2.40. The second-order valence-corrected chi connectivity index (χ2v) is 5.17. The van der Waals surface area contributed by atoms with Crippen molar-refractivity contribution in [2.24, 2.45) is 11.0 Å². The summed E-state index contributed by atoms with van der Waals surface area (Å²) in [6, 6.07) is 0. The Hall–Kier alpha value is -0.970. The van der Waals surface area contributed by atoms with Gasteiger partial charge in [0.25, 0.3) is 0 Å². The molecule has 1 N–H and O–H groups in total. The van der Waals surface area contributed by atoms with Gasteiger partial charge < -0.3 is 4.74 Å². The van der Waals surface area contributed by atoms with E-state index in [9.17, 15) is 4.79 Å². The molecule has 1 unspecified atom stereocenters. The molecule has 0 radical (unpaired) electrons. The highest BCUT2D eigenvalue weighted by molar-refractivity contribution is 7.80. The number of hydrazone groups is 1. The molecule has 1 atom stereocenters. The average Bonchev–Trinajstić information content (AvgIpc) is 2.58. The van der Waals surface area contributed by atoms with Gasteiger partial charge in [-0.3, -0.25) is 10.2 Å². The van der Waals surface area contributed by atoms with E-state index in [2.05, 4.69) is 10.5 Å². The molecule has 5 heteroatoms. The van der Waals surface area contributed by atoms with Crippen molar-refractivity contribution in [3.63, 3.8) is 0 Å². The lowest BCUT2D eigenvalue weighted by atomic mass is 9.92. The molecule has 2 aliphatic rings. The van der Waals surface area contributed by atoms with Crippen molar-refractivity contribution in [2.45, 2.75) is 38.7 Å². The molecule has 1 saturated heterocycles. The number of esters is 1. The third-order valence-corrected chi connectivity index (χ3v) is 2.87. The summed E-state index contributed by atoms with van der Waals surface area (Å²) >= 11 is 4.97. The summed E-state index contributed by atoms with van der Waals surface area (Å²) in [7, 11) is 0. The van der Waals surface area contributed by atoms with Crippen molar-refractivity contribution in [2.75, 3.05) is 0 Å². The van der Waals surface area contributed by atoms with Crippen LogP contribution in [0.25, 0.3) is 0 Å². The number of carbonyl (C=O) groups excluding carboxylic acids is 1. The average molecular weight is 226 g/mol. The van der Waals surface area contributed by atoms with Gasteiger partial charge in [-0.15, -0.1) is 0 Å². The molecule has 2 aliphatic heterocycles. The normalized spacial score (nSPS) is 28.7. The van der Waals surface area contributed by atoms with Crippen LogP contribution in [0.2, 0.25) is 0 Å². The van der Waals surface area contributed by atoms with Crippen molar-refractivity contribution in [1.29, 1.82) is 0 Å². The minimum atomic E-state index is -0.325. The fourth-order valence-corrected chi connectivity index (χ4v) is 2.25. The molecule has 0 aromatic carbocycles. The van der Waals surface area contributed by atoms with E-state index in [0.717, 1.165) is 17.1 Å². The molecule has 2 rings (SSSR count). The van der Waals surface area contributed by atoms with Crippen molar-refractivity contribution in [1.82, 2.24) is 5.43 Å². The zero-order chi connectivity index (χ0) is 11.1. The molecular weight excluding hydrogens is 212 g/mol. The Kier molecular flexibility index (Phi) is 2.50. The second kappa shape index (κ2) is 3.56. The van der Waals surface area contributed by atoms with E-state index in [1.807, 2.05) is 13.8 Å². The number of hydrogen-bond donors (Lipinski definition) is 1. The number of rotatable bonds is 2. The summed E-state index contributed by atoms with van der Waals surface area (Å²) in [5.41, 5.74) is 3.38. The van der Waals surface area contributed by atoms with Crippen LogP contribution in [0.5, 0.6) is 0 Å². The fourth-order valence-electron chi connectivity index (χ4n) is 2.04. The van der Waals surface area contributed by atoms with Gasteiger partial charge in [-0.2, -0.15) is 5.10 Å². The number of ether oxygens (including phenoxy) is 1. The van der Waals surface area contributed by atoms with E-state index in [1.165, 1.54) is 0 Å². The van der Waals surface area contributed by atoms with Crippen molar-refractivity contribution in [3.8, 4) is 0 Å². The van der Waals surface area contributed by atoms with Crippen molar-refractivity contribution < 1.29 is 9.53 Å². The van der Waals surface area contributed by atoms with E-state index in [4.69, 9.17) is 17.0 Å². The molecule has 2 heterocycles. The van der Waals surface area contributed by atoms with Crippen LogP contribution in [0.15, 0.2) is 5.10 Å². The molecule has 4 nitrogen and oxygen atoms in total. The predicted molar refractivity (Wildman–Crippen MR) is 60.7 cm³/mol. The SMILES string of the molecule is CC1(C)CC(CC2=NNC(=S)C2)C(=O)O1. The third-order valence-electron chi connectivity index (χ3n) is 2.63. The Bertz CT molecular complexity index is 349. The zero-order valence-electron chi connectivity index (χ0n) is 8.87. The van der Waals surface area contributed by atoms with E-state index in [-0.39, 0.29) is 17.5 Å². The number of carbonyl (C=O) groups is 1. The molecule has 1 fully saturated rings. The molecular formula is C10H14N2O2S. The summed E-state index contributed by atoms with van der Waals surface area (Å²) < 4.78 is 5.25. The summed E-state index contributed by atoms with van der Waals surface area (Å²) in [6.45, 7) is 3.87. The first-order valence-electron chi connectivity index (χ1n) is 5.03. The van der Waals surface area contributed by atoms with Crippen molar-refractivity contribution in [3.05, 3.63) is 0 Å². The molecule has 82 valence electrons. The monoisotopic (exact) mass is 226 g/mol. The van der Waals surface area contributed by atoms with E-state index >= 15 is 0 Å². The van der Waals surface area contributed by atoms with Gasteiger partial charge in [0.2, 0.25) is 0 Å². The van der Waals surface area contributed by atoms with Crippen LogP contribution in [0.3, 0.4) is 0 Å². The summed E-state index contributed by atoms with van der Waals surface area (Å²) in [5.74, 6) is -0.165. The van der Waals surface area contributed by atoms with Crippen LogP contribution in [-0.2, 0) is 9.53 Å². The highest BCUT2D eigenvalue weighted by atomic mass is 32.1. The van der Waals surface area contributed by atoms with Crippen molar-refractivity contribution >= 4 is 28.9 Å². The maximum atomic E-state index is 11.5. The number of cyclic esters (lactones) is 1. The van der Waals surface area contributed by atoms with E-state index < -0.39 is 0 Å². The first kappa shape index (κ1) is 10.5.